The molecule has 0 aromatic heterocycles. The summed E-state index contributed by atoms with van der Waals surface area (Å²) >= 11 is 0. The molecule has 1 N–H and O–H groups in total. The Bertz CT molecular complexity index is 818. The van der Waals surface area contributed by atoms with Gasteiger partial charge in [0.05, 0.1) is 0 Å². The van der Waals surface area contributed by atoms with Gasteiger partial charge in [-0.3, -0.25) is 4.79 Å². The Labute approximate surface area is 410 Å². The number of allylic oxidation sites excluding steroid dienone is 2. The van der Waals surface area contributed by atoms with Gasteiger partial charge in [-0.15, -0.1) is 0 Å². The number of carboxylic acid groups (broad SMARTS) is 3. The average molecular weight is 889 g/mol. The van der Waals surface area contributed by atoms with E-state index in [9.17, 15) is 24.6 Å². The van der Waals surface area contributed by atoms with Gasteiger partial charge in [-0.2, -0.15) is 0 Å². The van der Waals surface area contributed by atoms with Gasteiger partial charge in [0.1, 0.15) is 0 Å². The molecule has 0 radical (unpaired) electrons. The van der Waals surface area contributed by atoms with Crippen molar-refractivity contribution >= 4 is 55.6 Å². The summed E-state index contributed by atoms with van der Waals surface area (Å²) in [7, 11) is 0. The fourth-order valence-electron chi connectivity index (χ4n) is 7.63. The Kier molecular flexibility index (Phi) is 70.0. The third-order valence-electron chi connectivity index (χ3n) is 11.6. The number of hydrogen-bond acceptors (Lipinski definition) is 5. The van der Waals surface area contributed by atoms with Gasteiger partial charge in [-0.25, -0.2) is 0 Å². The quantitative estimate of drug-likeness (QED) is 0.0369. The average Bonchev–Trinajstić information content (AvgIpc) is 3.22. The smallest absolute Gasteiger partial charge is 0.550 e. The molecule has 0 aliphatic carbocycles. The maximum atomic E-state index is 10.3. The summed E-state index contributed by atoms with van der Waals surface area (Å²) in [5.41, 5.74) is 0. The first-order valence-electron chi connectivity index (χ1n) is 26.6. The Morgan fingerprint density at radius 3 is 0.689 bits per heavy atom. The van der Waals surface area contributed by atoms with E-state index < -0.39 is 17.9 Å². The van der Waals surface area contributed by atoms with Crippen LogP contribution in [-0.4, -0.2) is 60.8 Å². The van der Waals surface area contributed by atoms with Gasteiger partial charge in [0.2, 0.25) is 0 Å². The molecule has 0 atom stereocenters. The summed E-state index contributed by atoms with van der Waals surface area (Å²) in [5.74, 6) is -2.47. The van der Waals surface area contributed by atoms with E-state index in [0.717, 1.165) is 38.5 Å². The molecule has 7 heteroatoms. The molecule has 0 fully saturated rings. The maximum Gasteiger partial charge on any atom is 2.00 e. The SMILES string of the molecule is CCCCCCCCC=CCCCCCCCC(=O)O.CCCCCCCCCCCCCCCCCC(=O)[O-].CCCCCCCCCCCCCCCCCC(=O)[O-].[Ca+2]. The molecule has 0 aliphatic rings. The van der Waals surface area contributed by atoms with Crippen LogP contribution in [0.15, 0.2) is 12.2 Å². The number of unbranched alkanes of at least 4 members (excludes halogenated alkanes) is 39. The Balaban J connectivity index is -0.000000396. The number of carbonyl (C=O) groups is 3. The molecule has 0 aliphatic heterocycles. The van der Waals surface area contributed by atoms with Gasteiger partial charge >= 0.3 is 43.7 Å². The molecule has 6 nitrogen and oxygen atoms in total. The van der Waals surface area contributed by atoms with Crippen molar-refractivity contribution in [3.05, 3.63) is 12.2 Å². The molecule has 0 aromatic rings. The molecule has 0 amide bonds. The van der Waals surface area contributed by atoms with Gasteiger partial charge in [0.15, 0.2) is 0 Å². The summed E-state index contributed by atoms with van der Waals surface area (Å²) in [6.07, 6.45) is 61.0. The van der Waals surface area contributed by atoms with Crippen LogP contribution in [0.25, 0.3) is 0 Å². The first kappa shape index (κ1) is 67.0. The summed E-state index contributed by atoms with van der Waals surface area (Å²) in [5, 5.41) is 29.0. The fraction of sp³-hybridized carbons (Fsp3) is 0.907. The van der Waals surface area contributed by atoms with E-state index in [1.165, 1.54) is 238 Å². The van der Waals surface area contributed by atoms with Crippen molar-refractivity contribution < 1.29 is 29.7 Å². The fourth-order valence-corrected chi connectivity index (χ4v) is 7.63. The van der Waals surface area contributed by atoms with Gasteiger partial charge in [-0.05, 0) is 57.8 Å². The molecule has 0 unspecified atom stereocenters. The molecule has 0 saturated carbocycles. The number of carbonyl (C=O) groups excluding carboxylic acids is 2. The van der Waals surface area contributed by atoms with Gasteiger partial charge in [-0.1, -0.05) is 264 Å². The van der Waals surface area contributed by atoms with Crippen LogP contribution in [0.3, 0.4) is 0 Å². The molecule has 0 saturated heterocycles. The van der Waals surface area contributed by atoms with Crippen LogP contribution in [0.5, 0.6) is 0 Å². The third-order valence-corrected chi connectivity index (χ3v) is 11.6. The van der Waals surface area contributed by atoms with Crippen LogP contribution < -0.4 is 10.2 Å². The van der Waals surface area contributed by atoms with Crippen LogP contribution in [-0.2, 0) is 14.4 Å². The van der Waals surface area contributed by atoms with Crippen LogP contribution in [0, 0.1) is 0 Å². The van der Waals surface area contributed by atoms with Crippen LogP contribution >= 0.6 is 0 Å². The maximum absolute atomic E-state index is 10.3. The molecule has 0 aromatic carbocycles. The Morgan fingerprint density at radius 2 is 0.492 bits per heavy atom. The Morgan fingerprint density at radius 1 is 0.311 bits per heavy atom. The molecule has 0 rings (SSSR count). The van der Waals surface area contributed by atoms with E-state index in [0.29, 0.717) is 6.42 Å². The molecule has 0 heterocycles. The van der Waals surface area contributed by atoms with E-state index in [4.69, 9.17) is 5.11 Å². The van der Waals surface area contributed by atoms with Crippen LogP contribution in [0.2, 0.25) is 0 Å². The minimum Gasteiger partial charge on any atom is -0.550 e. The van der Waals surface area contributed by atoms with Crippen molar-refractivity contribution in [3.63, 3.8) is 0 Å². The molecule has 0 spiro atoms. The van der Waals surface area contributed by atoms with Gasteiger partial charge in [0, 0.05) is 18.4 Å². The van der Waals surface area contributed by atoms with Crippen LogP contribution in [0.1, 0.15) is 316 Å². The predicted molar refractivity (Wildman–Crippen MR) is 262 cm³/mol. The molecule has 61 heavy (non-hydrogen) atoms. The van der Waals surface area contributed by atoms with Gasteiger partial charge < -0.3 is 24.9 Å². The monoisotopic (exact) mass is 889 g/mol. The third kappa shape index (κ3) is 77.1. The number of rotatable bonds is 47. The number of aliphatic carboxylic acids is 3. The molecule has 358 valence electrons. The van der Waals surface area contributed by atoms with Gasteiger partial charge in [0.25, 0.3) is 0 Å². The zero-order valence-corrected chi connectivity index (χ0v) is 43.6. The van der Waals surface area contributed by atoms with Crippen molar-refractivity contribution in [1.29, 1.82) is 0 Å². The van der Waals surface area contributed by atoms with E-state index in [2.05, 4.69) is 32.9 Å². The van der Waals surface area contributed by atoms with Crippen molar-refractivity contribution in [2.24, 2.45) is 0 Å². The Hall–Kier alpha value is -0.590. The topological polar surface area (TPSA) is 118 Å². The normalized spacial score (nSPS) is 10.8. The van der Waals surface area contributed by atoms with E-state index in [-0.39, 0.29) is 50.6 Å². The second-order valence-electron chi connectivity index (χ2n) is 17.9. The number of hydrogen-bond donors (Lipinski definition) is 1. The largest absolute Gasteiger partial charge is 2.00 e. The van der Waals surface area contributed by atoms with Crippen molar-refractivity contribution in [2.45, 2.75) is 316 Å². The van der Waals surface area contributed by atoms with E-state index in [1.807, 2.05) is 0 Å². The molecule has 0 bridgehead atoms. The minimum absolute atomic E-state index is 0. The number of carboxylic acids is 3. The molecular weight excluding hydrogens is 785 g/mol. The summed E-state index contributed by atoms with van der Waals surface area (Å²) in [6, 6.07) is 0. The van der Waals surface area contributed by atoms with E-state index in [1.54, 1.807) is 0 Å². The second kappa shape index (κ2) is 63.7. The van der Waals surface area contributed by atoms with Crippen LogP contribution in [0.4, 0.5) is 0 Å². The second-order valence-corrected chi connectivity index (χ2v) is 17.9. The van der Waals surface area contributed by atoms with Crippen molar-refractivity contribution in [3.8, 4) is 0 Å². The summed E-state index contributed by atoms with van der Waals surface area (Å²) in [6.45, 7) is 6.79. The predicted octanol–water partition coefficient (Wildman–Crippen LogP) is 15.7. The minimum atomic E-state index is -0.903. The zero-order chi connectivity index (χ0) is 44.7. The summed E-state index contributed by atoms with van der Waals surface area (Å²) < 4.78 is 0. The van der Waals surface area contributed by atoms with Crippen molar-refractivity contribution in [1.82, 2.24) is 0 Å². The zero-order valence-electron chi connectivity index (χ0n) is 41.4. The summed E-state index contributed by atoms with van der Waals surface area (Å²) in [4.78, 5) is 30.8. The first-order chi connectivity index (χ1) is 29.3. The molecular formula is C54H104CaO6. The standard InChI is InChI=1S/2C18H36O2.C18H34O2.Ca/c3*1-2-3-4-5-6-7-8-9-10-11-12-13-14-15-16-17-18(19)20;/h2*2-17H2,1H3,(H,19,20);9-10H,2-8,11-17H2,1H3,(H,19,20);/q;;;+2/p-2. The first-order valence-corrected chi connectivity index (χ1v) is 26.6. The van der Waals surface area contributed by atoms with E-state index >= 15 is 0 Å². The van der Waals surface area contributed by atoms with Crippen molar-refractivity contribution in [2.75, 3.05) is 0 Å².